The molecule has 0 aliphatic rings. The minimum atomic E-state index is 0.702. The molecule has 0 amide bonds. The van der Waals surface area contributed by atoms with Crippen molar-refractivity contribution in [3.05, 3.63) is 59.2 Å². The molecule has 0 fully saturated rings. The Bertz CT molecular complexity index is 609. The van der Waals surface area contributed by atoms with Gasteiger partial charge in [0.05, 0.1) is 11.6 Å². The van der Waals surface area contributed by atoms with Gasteiger partial charge >= 0.3 is 0 Å². The fourth-order valence-electron chi connectivity index (χ4n) is 2.13. The van der Waals surface area contributed by atoms with E-state index in [0.29, 0.717) is 5.56 Å². The van der Waals surface area contributed by atoms with Crippen LogP contribution in [-0.4, -0.2) is 6.54 Å². The lowest BCUT2D eigenvalue weighted by Gasteiger charge is -2.11. The van der Waals surface area contributed by atoms with Crippen LogP contribution in [-0.2, 0) is 6.54 Å². The van der Waals surface area contributed by atoms with Crippen LogP contribution < -0.4 is 5.32 Å². The van der Waals surface area contributed by atoms with Gasteiger partial charge in [0, 0.05) is 6.54 Å². The standard InChI is InChI=1S/C17H18N2/c1-3-19-12-16-8-7-13(2)9-17(16)15-6-4-5-14(10-15)11-18/h4-10,19H,3,12H2,1-2H3. The highest BCUT2D eigenvalue weighted by molar-refractivity contribution is 5.69. The van der Waals surface area contributed by atoms with E-state index in [1.54, 1.807) is 0 Å². The monoisotopic (exact) mass is 250 g/mol. The lowest BCUT2D eigenvalue weighted by molar-refractivity contribution is 0.728. The third-order valence-corrected chi connectivity index (χ3v) is 3.13. The number of nitriles is 1. The second kappa shape index (κ2) is 6.17. The van der Waals surface area contributed by atoms with Gasteiger partial charge in [-0.3, -0.25) is 0 Å². The van der Waals surface area contributed by atoms with Crippen LogP contribution in [0.4, 0.5) is 0 Å². The van der Waals surface area contributed by atoms with Gasteiger partial charge in [-0.15, -0.1) is 0 Å². The van der Waals surface area contributed by atoms with E-state index in [4.69, 9.17) is 5.26 Å². The zero-order chi connectivity index (χ0) is 13.7. The van der Waals surface area contributed by atoms with Gasteiger partial charge in [0.2, 0.25) is 0 Å². The topological polar surface area (TPSA) is 35.8 Å². The summed E-state index contributed by atoms with van der Waals surface area (Å²) in [7, 11) is 0. The molecule has 2 aromatic rings. The van der Waals surface area contributed by atoms with E-state index in [0.717, 1.165) is 18.7 Å². The highest BCUT2D eigenvalue weighted by Gasteiger charge is 2.06. The number of benzene rings is 2. The summed E-state index contributed by atoms with van der Waals surface area (Å²) in [4.78, 5) is 0. The number of hydrogen-bond acceptors (Lipinski definition) is 2. The summed E-state index contributed by atoms with van der Waals surface area (Å²) in [5.41, 5.74) is 5.52. The minimum absolute atomic E-state index is 0.702. The first kappa shape index (κ1) is 13.3. The van der Waals surface area contributed by atoms with Gasteiger partial charge in [0.25, 0.3) is 0 Å². The maximum absolute atomic E-state index is 9.01. The fourth-order valence-corrected chi connectivity index (χ4v) is 2.13. The van der Waals surface area contributed by atoms with Crippen molar-refractivity contribution in [3.8, 4) is 17.2 Å². The van der Waals surface area contributed by atoms with Crippen LogP contribution in [0.2, 0.25) is 0 Å². The van der Waals surface area contributed by atoms with Crippen molar-refractivity contribution in [1.82, 2.24) is 5.32 Å². The Morgan fingerprint density at radius 1 is 1.16 bits per heavy atom. The van der Waals surface area contributed by atoms with Crippen molar-refractivity contribution < 1.29 is 0 Å². The van der Waals surface area contributed by atoms with Gasteiger partial charge < -0.3 is 5.32 Å². The van der Waals surface area contributed by atoms with E-state index in [9.17, 15) is 0 Å². The zero-order valence-electron chi connectivity index (χ0n) is 11.4. The van der Waals surface area contributed by atoms with Gasteiger partial charge in [-0.05, 0) is 42.3 Å². The number of nitrogens with one attached hydrogen (secondary N) is 1. The van der Waals surface area contributed by atoms with Crippen LogP contribution in [0.25, 0.3) is 11.1 Å². The van der Waals surface area contributed by atoms with E-state index >= 15 is 0 Å². The molecule has 0 spiro atoms. The summed E-state index contributed by atoms with van der Waals surface area (Å²) in [6.07, 6.45) is 0. The zero-order valence-corrected chi connectivity index (χ0v) is 11.4. The molecule has 0 radical (unpaired) electrons. The maximum atomic E-state index is 9.01. The highest BCUT2D eigenvalue weighted by atomic mass is 14.8. The van der Waals surface area contributed by atoms with Crippen LogP contribution in [0.5, 0.6) is 0 Å². The van der Waals surface area contributed by atoms with Crippen LogP contribution in [0, 0.1) is 18.3 Å². The van der Waals surface area contributed by atoms with E-state index in [-0.39, 0.29) is 0 Å². The Balaban J connectivity index is 2.47. The maximum Gasteiger partial charge on any atom is 0.0991 e. The summed E-state index contributed by atoms with van der Waals surface area (Å²) in [6.45, 7) is 5.99. The molecule has 0 atom stereocenters. The summed E-state index contributed by atoms with van der Waals surface area (Å²) >= 11 is 0. The molecule has 2 aromatic carbocycles. The highest BCUT2D eigenvalue weighted by Crippen LogP contribution is 2.25. The van der Waals surface area contributed by atoms with Crippen LogP contribution in [0.1, 0.15) is 23.6 Å². The number of hydrogen-bond donors (Lipinski definition) is 1. The van der Waals surface area contributed by atoms with E-state index in [1.165, 1.54) is 16.7 Å². The smallest absolute Gasteiger partial charge is 0.0991 e. The van der Waals surface area contributed by atoms with Crippen LogP contribution >= 0.6 is 0 Å². The van der Waals surface area contributed by atoms with Crippen molar-refractivity contribution in [2.24, 2.45) is 0 Å². The molecule has 0 aromatic heterocycles. The molecule has 2 nitrogen and oxygen atoms in total. The lowest BCUT2D eigenvalue weighted by atomic mass is 9.96. The Morgan fingerprint density at radius 3 is 2.74 bits per heavy atom. The summed E-state index contributed by atoms with van der Waals surface area (Å²) in [6, 6.07) is 16.5. The molecule has 96 valence electrons. The Morgan fingerprint density at radius 2 is 2.00 bits per heavy atom. The molecular weight excluding hydrogens is 232 g/mol. The normalized spacial score (nSPS) is 10.2. The second-order valence-electron chi connectivity index (χ2n) is 4.63. The molecule has 0 saturated heterocycles. The summed E-state index contributed by atoms with van der Waals surface area (Å²) < 4.78 is 0. The summed E-state index contributed by atoms with van der Waals surface area (Å²) in [5, 5.41) is 12.4. The molecule has 0 aliphatic heterocycles. The molecule has 0 saturated carbocycles. The van der Waals surface area contributed by atoms with Gasteiger partial charge in [-0.2, -0.15) is 5.26 Å². The van der Waals surface area contributed by atoms with Crippen molar-refractivity contribution in [3.63, 3.8) is 0 Å². The molecule has 0 bridgehead atoms. The number of rotatable bonds is 4. The van der Waals surface area contributed by atoms with Crippen molar-refractivity contribution in [2.75, 3.05) is 6.54 Å². The first-order chi connectivity index (χ1) is 9.24. The Labute approximate surface area is 114 Å². The SMILES string of the molecule is CCNCc1ccc(C)cc1-c1cccc(C#N)c1. The average Bonchev–Trinajstić information content (AvgIpc) is 2.46. The van der Waals surface area contributed by atoms with Gasteiger partial charge in [0.1, 0.15) is 0 Å². The largest absolute Gasteiger partial charge is 0.313 e. The fraction of sp³-hybridized carbons (Fsp3) is 0.235. The van der Waals surface area contributed by atoms with E-state index in [2.05, 4.69) is 49.5 Å². The third kappa shape index (κ3) is 3.21. The second-order valence-corrected chi connectivity index (χ2v) is 4.63. The Kier molecular flexibility index (Phi) is 4.33. The number of aryl methyl sites for hydroxylation is 1. The molecule has 0 aliphatic carbocycles. The van der Waals surface area contributed by atoms with Crippen molar-refractivity contribution in [1.29, 1.82) is 5.26 Å². The predicted molar refractivity (Wildman–Crippen MR) is 78.7 cm³/mol. The Hall–Kier alpha value is -2.11. The van der Waals surface area contributed by atoms with Crippen LogP contribution in [0.15, 0.2) is 42.5 Å². The third-order valence-electron chi connectivity index (χ3n) is 3.13. The lowest BCUT2D eigenvalue weighted by Crippen LogP contribution is -2.12. The van der Waals surface area contributed by atoms with Gasteiger partial charge in [-0.25, -0.2) is 0 Å². The van der Waals surface area contributed by atoms with Gasteiger partial charge in [-0.1, -0.05) is 42.8 Å². The first-order valence-corrected chi connectivity index (χ1v) is 6.55. The molecular formula is C17H18N2. The first-order valence-electron chi connectivity index (χ1n) is 6.55. The van der Waals surface area contributed by atoms with E-state index in [1.807, 2.05) is 18.2 Å². The van der Waals surface area contributed by atoms with Crippen molar-refractivity contribution >= 4 is 0 Å². The molecule has 19 heavy (non-hydrogen) atoms. The predicted octanol–water partition coefficient (Wildman–Crippen LogP) is 3.64. The minimum Gasteiger partial charge on any atom is -0.313 e. The average molecular weight is 250 g/mol. The molecule has 0 unspecified atom stereocenters. The van der Waals surface area contributed by atoms with Gasteiger partial charge in [0.15, 0.2) is 0 Å². The molecule has 1 N–H and O–H groups in total. The molecule has 2 rings (SSSR count). The number of nitrogens with zero attached hydrogens (tertiary/aromatic N) is 1. The quantitative estimate of drug-likeness (QED) is 0.899. The summed E-state index contributed by atoms with van der Waals surface area (Å²) in [5.74, 6) is 0. The van der Waals surface area contributed by atoms with Crippen molar-refractivity contribution in [2.45, 2.75) is 20.4 Å². The van der Waals surface area contributed by atoms with Crippen LogP contribution in [0.3, 0.4) is 0 Å². The molecule has 0 heterocycles. The molecule has 2 heteroatoms. The van der Waals surface area contributed by atoms with E-state index < -0.39 is 0 Å².